The van der Waals surface area contributed by atoms with Crippen LogP contribution in [0.25, 0.3) is 22.2 Å². The number of nitrogens with one attached hydrogen (secondary N) is 1. The molecule has 7 nitrogen and oxygen atoms in total. The molecule has 0 saturated carbocycles. The first-order valence-electron chi connectivity index (χ1n) is 10.2. The Morgan fingerprint density at radius 2 is 1.72 bits per heavy atom. The third-order valence-electron chi connectivity index (χ3n) is 5.30. The molecule has 0 aliphatic rings. The molecule has 0 radical (unpaired) electrons. The van der Waals surface area contributed by atoms with Gasteiger partial charge in [-0.15, -0.1) is 0 Å². The van der Waals surface area contributed by atoms with E-state index in [1.807, 2.05) is 65.4 Å². The smallest absolute Gasteiger partial charge is 0.240 e. The standard InChI is InChI=1S/C25H25N3O4/c1-30-20-7-4-17(5-8-20)15-27-23(29)16-28-13-11-18-10-12-26-24(25(18)28)19-6-9-21(31-2)22(14-19)32-3/h4-14H,15-16H2,1-3H3,(H,27,29). The number of benzene rings is 2. The summed E-state index contributed by atoms with van der Waals surface area (Å²) in [5, 5.41) is 3.98. The van der Waals surface area contributed by atoms with Gasteiger partial charge in [-0.05, 0) is 48.0 Å². The van der Waals surface area contributed by atoms with Gasteiger partial charge < -0.3 is 24.1 Å². The third kappa shape index (κ3) is 4.37. The summed E-state index contributed by atoms with van der Waals surface area (Å²) < 4.78 is 17.9. The number of fused-ring (bicyclic) bond motifs is 1. The van der Waals surface area contributed by atoms with E-state index in [0.717, 1.165) is 33.5 Å². The normalized spacial score (nSPS) is 10.7. The van der Waals surface area contributed by atoms with Crippen molar-refractivity contribution in [2.24, 2.45) is 0 Å². The van der Waals surface area contributed by atoms with Gasteiger partial charge in [-0.1, -0.05) is 12.1 Å². The van der Waals surface area contributed by atoms with Crippen LogP contribution >= 0.6 is 0 Å². The molecule has 0 saturated heterocycles. The third-order valence-corrected chi connectivity index (χ3v) is 5.30. The van der Waals surface area contributed by atoms with E-state index in [2.05, 4.69) is 10.3 Å². The molecule has 2 heterocycles. The molecule has 1 amide bonds. The number of methoxy groups -OCH3 is 3. The number of nitrogens with zero attached hydrogens (tertiary/aromatic N) is 2. The lowest BCUT2D eigenvalue weighted by molar-refractivity contribution is -0.121. The minimum atomic E-state index is -0.0829. The first kappa shape index (κ1) is 21.2. The second kappa shape index (κ2) is 9.43. The van der Waals surface area contributed by atoms with Crippen LogP contribution in [0.4, 0.5) is 0 Å². The highest BCUT2D eigenvalue weighted by Crippen LogP contribution is 2.34. The van der Waals surface area contributed by atoms with Crippen LogP contribution in [0.15, 0.2) is 67.0 Å². The second-order valence-electron chi connectivity index (χ2n) is 7.24. The molecule has 0 unspecified atom stereocenters. The molecule has 0 aliphatic heterocycles. The minimum absolute atomic E-state index is 0.0829. The number of rotatable bonds is 8. The van der Waals surface area contributed by atoms with Crippen molar-refractivity contribution < 1.29 is 19.0 Å². The Balaban J connectivity index is 1.57. The Bertz CT molecular complexity index is 1230. The lowest BCUT2D eigenvalue weighted by Gasteiger charge is -2.12. The van der Waals surface area contributed by atoms with Gasteiger partial charge in [0.15, 0.2) is 11.5 Å². The maximum Gasteiger partial charge on any atom is 0.240 e. The number of carbonyl (C=O) groups excluding carboxylic acids is 1. The molecular formula is C25H25N3O4. The van der Waals surface area contributed by atoms with E-state index < -0.39 is 0 Å². The summed E-state index contributed by atoms with van der Waals surface area (Å²) >= 11 is 0. The molecule has 32 heavy (non-hydrogen) atoms. The van der Waals surface area contributed by atoms with E-state index in [1.165, 1.54) is 0 Å². The first-order valence-corrected chi connectivity index (χ1v) is 10.2. The van der Waals surface area contributed by atoms with Gasteiger partial charge in [-0.2, -0.15) is 0 Å². The van der Waals surface area contributed by atoms with E-state index in [9.17, 15) is 4.79 Å². The maximum atomic E-state index is 12.7. The summed E-state index contributed by atoms with van der Waals surface area (Å²) in [6, 6.07) is 17.2. The topological polar surface area (TPSA) is 74.6 Å². The monoisotopic (exact) mass is 431 g/mol. The van der Waals surface area contributed by atoms with E-state index in [4.69, 9.17) is 14.2 Å². The fourth-order valence-electron chi connectivity index (χ4n) is 3.63. The van der Waals surface area contributed by atoms with Crippen molar-refractivity contribution in [1.82, 2.24) is 14.9 Å². The highest BCUT2D eigenvalue weighted by atomic mass is 16.5. The molecule has 2 aromatic carbocycles. The second-order valence-corrected chi connectivity index (χ2v) is 7.24. The fraction of sp³-hybridized carbons (Fsp3) is 0.200. The van der Waals surface area contributed by atoms with Crippen LogP contribution in [0.5, 0.6) is 17.2 Å². The highest BCUT2D eigenvalue weighted by Gasteiger charge is 2.14. The van der Waals surface area contributed by atoms with Gasteiger partial charge in [-0.25, -0.2) is 0 Å². The zero-order valence-corrected chi connectivity index (χ0v) is 18.3. The predicted molar refractivity (Wildman–Crippen MR) is 123 cm³/mol. The summed E-state index contributed by atoms with van der Waals surface area (Å²) in [7, 11) is 4.83. The van der Waals surface area contributed by atoms with Crippen LogP contribution in [0, 0.1) is 0 Å². The summed E-state index contributed by atoms with van der Waals surface area (Å²) in [5.74, 6) is 1.98. The van der Waals surface area contributed by atoms with Crippen molar-refractivity contribution >= 4 is 16.8 Å². The summed E-state index contributed by atoms with van der Waals surface area (Å²) in [5.41, 5.74) is 3.55. The Morgan fingerprint density at radius 3 is 2.44 bits per heavy atom. The van der Waals surface area contributed by atoms with E-state index >= 15 is 0 Å². The molecule has 0 spiro atoms. The average molecular weight is 431 g/mol. The van der Waals surface area contributed by atoms with Crippen molar-refractivity contribution in [3.63, 3.8) is 0 Å². The van der Waals surface area contributed by atoms with Gasteiger partial charge in [0.1, 0.15) is 12.3 Å². The Hall–Kier alpha value is -4.00. The summed E-state index contributed by atoms with van der Waals surface area (Å²) in [4.78, 5) is 17.3. The number of hydrogen-bond acceptors (Lipinski definition) is 5. The van der Waals surface area contributed by atoms with Crippen molar-refractivity contribution in [2.75, 3.05) is 21.3 Å². The molecular weight excluding hydrogens is 406 g/mol. The number of aromatic nitrogens is 2. The zero-order valence-electron chi connectivity index (χ0n) is 18.3. The molecule has 4 rings (SSSR count). The van der Waals surface area contributed by atoms with Crippen LogP contribution in [0.1, 0.15) is 5.56 Å². The number of hydrogen-bond donors (Lipinski definition) is 1. The van der Waals surface area contributed by atoms with Crippen molar-refractivity contribution in [1.29, 1.82) is 0 Å². The average Bonchev–Trinajstić information content (AvgIpc) is 3.25. The van der Waals surface area contributed by atoms with Gasteiger partial charge in [0.2, 0.25) is 5.91 Å². The Morgan fingerprint density at radius 1 is 0.938 bits per heavy atom. The van der Waals surface area contributed by atoms with Crippen LogP contribution in [-0.4, -0.2) is 36.8 Å². The van der Waals surface area contributed by atoms with Crippen LogP contribution < -0.4 is 19.5 Å². The Kier molecular flexibility index (Phi) is 6.26. The molecule has 1 N–H and O–H groups in total. The minimum Gasteiger partial charge on any atom is -0.497 e. The highest BCUT2D eigenvalue weighted by molar-refractivity contribution is 5.93. The van der Waals surface area contributed by atoms with Gasteiger partial charge in [0.25, 0.3) is 0 Å². The number of amides is 1. The van der Waals surface area contributed by atoms with Crippen LogP contribution in [-0.2, 0) is 17.9 Å². The quantitative estimate of drug-likeness (QED) is 0.456. The lowest BCUT2D eigenvalue weighted by Crippen LogP contribution is -2.26. The zero-order chi connectivity index (χ0) is 22.5. The predicted octanol–water partition coefficient (Wildman–Crippen LogP) is 4.05. The molecule has 0 bridgehead atoms. The molecule has 0 aliphatic carbocycles. The van der Waals surface area contributed by atoms with Gasteiger partial charge in [-0.3, -0.25) is 9.78 Å². The van der Waals surface area contributed by atoms with Gasteiger partial charge in [0, 0.05) is 29.9 Å². The first-order chi connectivity index (χ1) is 15.6. The molecule has 4 aromatic rings. The maximum absolute atomic E-state index is 12.7. The number of pyridine rings is 1. The van der Waals surface area contributed by atoms with Crippen molar-refractivity contribution in [2.45, 2.75) is 13.1 Å². The molecule has 164 valence electrons. The lowest BCUT2D eigenvalue weighted by atomic mass is 10.1. The molecule has 0 fully saturated rings. The van der Waals surface area contributed by atoms with Gasteiger partial charge in [0.05, 0.1) is 32.5 Å². The molecule has 7 heteroatoms. The number of ether oxygens (including phenoxy) is 3. The summed E-state index contributed by atoms with van der Waals surface area (Å²) in [6.07, 6.45) is 3.67. The molecule has 0 atom stereocenters. The van der Waals surface area contributed by atoms with Gasteiger partial charge >= 0.3 is 0 Å². The van der Waals surface area contributed by atoms with E-state index in [0.29, 0.717) is 18.0 Å². The van der Waals surface area contributed by atoms with Crippen molar-refractivity contribution in [3.8, 4) is 28.5 Å². The fourth-order valence-corrected chi connectivity index (χ4v) is 3.63. The van der Waals surface area contributed by atoms with Crippen molar-refractivity contribution in [3.05, 3.63) is 72.6 Å². The molecule has 2 aromatic heterocycles. The van der Waals surface area contributed by atoms with Crippen LogP contribution in [0.3, 0.4) is 0 Å². The van der Waals surface area contributed by atoms with E-state index in [-0.39, 0.29) is 12.5 Å². The SMILES string of the molecule is COc1ccc(CNC(=O)Cn2ccc3ccnc(-c4ccc(OC)c(OC)c4)c32)cc1. The largest absolute Gasteiger partial charge is 0.497 e. The van der Waals surface area contributed by atoms with Crippen LogP contribution in [0.2, 0.25) is 0 Å². The number of carbonyl (C=O) groups is 1. The van der Waals surface area contributed by atoms with E-state index in [1.54, 1.807) is 27.5 Å². The summed E-state index contributed by atoms with van der Waals surface area (Å²) in [6.45, 7) is 0.633. The Labute approximate surface area is 186 Å².